The Morgan fingerprint density at radius 1 is 1.75 bits per heavy atom. The number of halogens is 1. The second-order valence-electron chi connectivity index (χ2n) is 2.54. The minimum Gasteiger partial charge on any atom is -0.353 e. The molecule has 0 spiro atoms. The number of ether oxygens (including phenoxy) is 1. The van der Waals surface area contributed by atoms with Crippen LogP contribution in [0.2, 0.25) is 0 Å². The average Bonchev–Trinajstić information content (AvgIpc) is 2.52. The summed E-state index contributed by atoms with van der Waals surface area (Å²) >= 11 is 3.26. The molecule has 0 aromatic rings. The predicted octanol–water partition coefficient (Wildman–Crippen LogP) is -0.146. The summed E-state index contributed by atoms with van der Waals surface area (Å²) in [5.41, 5.74) is 0. The van der Waals surface area contributed by atoms with Gasteiger partial charge in [-0.25, -0.2) is 0 Å². The van der Waals surface area contributed by atoms with Gasteiger partial charge in [-0.1, -0.05) is 15.9 Å². The van der Waals surface area contributed by atoms with Crippen LogP contribution in [0.3, 0.4) is 0 Å². The summed E-state index contributed by atoms with van der Waals surface area (Å²) in [6.45, 7) is 0.349. The van der Waals surface area contributed by atoms with Gasteiger partial charge in [0.15, 0.2) is 6.29 Å². The van der Waals surface area contributed by atoms with Gasteiger partial charge in [0.1, 0.15) is 6.10 Å². The van der Waals surface area contributed by atoms with Gasteiger partial charge in [-0.15, -0.1) is 0 Å². The molecule has 0 bridgehead atoms. The largest absolute Gasteiger partial charge is 0.353 e. The van der Waals surface area contributed by atoms with Gasteiger partial charge >= 0.3 is 0 Å². The standard InChI is InChI=1S/C7H10BrNO3/c8-2-1-5-7(6(11)3-10)12-4-9-5/h3,5,7,9H,1-2,4H2. The molecule has 1 aliphatic rings. The molecule has 0 radical (unpaired) electrons. The van der Waals surface area contributed by atoms with E-state index in [1.54, 1.807) is 0 Å². The number of alkyl halides is 1. The Morgan fingerprint density at radius 3 is 3.08 bits per heavy atom. The fraction of sp³-hybridized carbons (Fsp3) is 0.714. The normalized spacial score (nSPS) is 28.8. The van der Waals surface area contributed by atoms with E-state index < -0.39 is 11.9 Å². The van der Waals surface area contributed by atoms with Gasteiger partial charge in [-0.2, -0.15) is 0 Å². The minimum absolute atomic E-state index is 0.0259. The molecule has 0 aromatic carbocycles. The second-order valence-corrected chi connectivity index (χ2v) is 3.33. The van der Waals surface area contributed by atoms with Crippen LogP contribution in [0.15, 0.2) is 0 Å². The molecule has 0 aliphatic carbocycles. The molecule has 1 fully saturated rings. The Bertz CT molecular complexity index is 185. The number of ketones is 1. The van der Waals surface area contributed by atoms with E-state index in [1.165, 1.54) is 0 Å². The topological polar surface area (TPSA) is 55.4 Å². The number of hydrogen-bond donors (Lipinski definition) is 1. The summed E-state index contributed by atoms with van der Waals surface area (Å²) in [6.07, 6.45) is 0.517. The third-order valence-corrected chi connectivity index (χ3v) is 2.25. The van der Waals surface area contributed by atoms with Crippen LogP contribution in [0, 0.1) is 0 Å². The zero-order chi connectivity index (χ0) is 8.97. The molecule has 2 atom stereocenters. The SMILES string of the molecule is O=CC(=O)C1OCNC1CCBr. The Hall–Kier alpha value is -0.260. The van der Waals surface area contributed by atoms with Gasteiger partial charge in [0.25, 0.3) is 0 Å². The summed E-state index contributed by atoms with van der Waals surface area (Å²) in [5.74, 6) is -0.481. The summed E-state index contributed by atoms with van der Waals surface area (Å²) in [7, 11) is 0. The van der Waals surface area contributed by atoms with Crippen LogP contribution in [-0.4, -0.2) is 36.3 Å². The fourth-order valence-electron chi connectivity index (χ4n) is 1.19. The van der Waals surface area contributed by atoms with Crippen molar-refractivity contribution >= 4 is 28.0 Å². The second kappa shape index (κ2) is 4.69. The highest BCUT2D eigenvalue weighted by atomic mass is 79.9. The van der Waals surface area contributed by atoms with Crippen LogP contribution in [0.4, 0.5) is 0 Å². The number of carbonyl (C=O) groups is 2. The van der Waals surface area contributed by atoms with Crippen molar-refractivity contribution < 1.29 is 14.3 Å². The number of carbonyl (C=O) groups excluding carboxylic acids is 2. The average molecular weight is 236 g/mol. The number of hydrogen-bond acceptors (Lipinski definition) is 4. The predicted molar refractivity (Wildman–Crippen MR) is 46.1 cm³/mol. The lowest BCUT2D eigenvalue weighted by atomic mass is 10.1. The smallest absolute Gasteiger partial charge is 0.225 e. The number of Topliss-reactive ketones (excluding diaryl/α,β-unsaturated/α-hetero) is 1. The molecule has 1 N–H and O–H groups in total. The molecule has 2 unspecified atom stereocenters. The number of aldehydes is 1. The lowest BCUT2D eigenvalue weighted by Crippen LogP contribution is -2.37. The van der Waals surface area contributed by atoms with Gasteiger partial charge in [-0.05, 0) is 6.42 Å². The van der Waals surface area contributed by atoms with Crippen molar-refractivity contribution in [2.45, 2.75) is 18.6 Å². The molecule has 1 saturated heterocycles. The molecule has 5 heteroatoms. The van der Waals surface area contributed by atoms with Crippen LogP contribution < -0.4 is 5.32 Å². The van der Waals surface area contributed by atoms with Crippen LogP contribution in [0.1, 0.15) is 6.42 Å². The molecule has 0 saturated carbocycles. The molecule has 1 rings (SSSR count). The van der Waals surface area contributed by atoms with Crippen molar-refractivity contribution in [1.29, 1.82) is 0 Å². The number of rotatable bonds is 4. The Balaban J connectivity index is 2.51. The molecule has 0 aromatic heterocycles. The van der Waals surface area contributed by atoms with Gasteiger partial charge in [-0.3, -0.25) is 14.9 Å². The molecule has 4 nitrogen and oxygen atoms in total. The highest BCUT2D eigenvalue weighted by Crippen LogP contribution is 2.11. The summed E-state index contributed by atoms with van der Waals surface area (Å²) in [6, 6.07) is -0.0259. The van der Waals surface area contributed by atoms with E-state index in [4.69, 9.17) is 4.74 Å². The first-order valence-electron chi connectivity index (χ1n) is 3.69. The fourth-order valence-corrected chi connectivity index (χ4v) is 1.68. The zero-order valence-corrected chi connectivity index (χ0v) is 8.04. The maximum Gasteiger partial charge on any atom is 0.225 e. The summed E-state index contributed by atoms with van der Waals surface area (Å²) < 4.78 is 5.06. The lowest BCUT2D eigenvalue weighted by Gasteiger charge is -2.12. The first-order chi connectivity index (χ1) is 5.79. The summed E-state index contributed by atoms with van der Waals surface area (Å²) in [5, 5.41) is 3.78. The Morgan fingerprint density at radius 2 is 2.50 bits per heavy atom. The van der Waals surface area contributed by atoms with Gasteiger partial charge in [0.05, 0.1) is 6.73 Å². The summed E-state index contributed by atoms with van der Waals surface area (Å²) in [4.78, 5) is 21.1. The first-order valence-corrected chi connectivity index (χ1v) is 4.81. The van der Waals surface area contributed by atoms with Crippen molar-refractivity contribution in [3.05, 3.63) is 0 Å². The van der Waals surface area contributed by atoms with E-state index in [9.17, 15) is 9.59 Å². The van der Waals surface area contributed by atoms with Gasteiger partial charge in [0, 0.05) is 11.4 Å². The molecule has 1 heterocycles. The van der Waals surface area contributed by atoms with E-state index >= 15 is 0 Å². The van der Waals surface area contributed by atoms with Gasteiger partial charge < -0.3 is 4.74 Å². The molecule has 1 aliphatic heterocycles. The number of nitrogens with one attached hydrogen (secondary N) is 1. The third kappa shape index (κ3) is 2.12. The molecule has 0 amide bonds. The van der Waals surface area contributed by atoms with Crippen LogP contribution >= 0.6 is 15.9 Å². The van der Waals surface area contributed by atoms with Crippen LogP contribution in [0.5, 0.6) is 0 Å². The van der Waals surface area contributed by atoms with E-state index in [2.05, 4.69) is 21.2 Å². The van der Waals surface area contributed by atoms with Crippen LogP contribution in [-0.2, 0) is 14.3 Å². The first kappa shape index (κ1) is 9.83. The lowest BCUT2D eigenvalue weighted by molar-refractivity contribution is -0.136. The highest BCUT2D eigenvalue weighted by Gasteiger charge is 2.32. The van der Waals surface area contributed by atoms with Crippen molar-refractivity contribution in [1.82, 2.24) is 5.32 Å². The monoisotopic (exact) mass is 235 g/mol. The quantitative estimate of drug-likeness (QED) is 0.419. The zero-order valence-electron chi connectivity index (χ0n) is 6.46. The van der Waals surface area contributed by atoms with E-state index in [0.29, 0.717) is 13.0 Å². The van der Waals surface area contributed by atoms with E-state index in [0.717, 1.165) is 11.8 Å². The molecular formula is C7H10BrNO3. The maximum atomic E-state index is 11.0. The highest BCUT2D eigenvalue weighted by molar-refractivity contribution is 9.09. The molecule has 12 heavy (non-hydrogen) atoms. The molecule has 68 valence electrons. The maximum absolute atomic E-state index is 11.0. The Labute approximate surface area is 78.8 Å². The van der Waals surface area contributed by atoms with E-state index in [1.807, 2.05) is 0 Å². The minimum atomic E-state index is -0.583. The molecular weight excluding hydrogens is 226 g/mol. The van der Waals surface area contributed by atoms with Crippen molar-refractivity contribution in [3.8, 4) is 0 Å². The van der Waals surface area contributed by atoms with E-state index in [-0.39, 0.29) is 6.04 Å². The van der Waals surface area contributed by atoms with Gasteiger partial charge in [0.2, 0.25) is 5.78 Å². The van der Waals surface area contributed by atoms with Crippen molar-refractivity contribution in [2.24, 2.45) is 0 Å². The van der Waals surface area contributed by atoms with Crippen molar-refractivity contribution in [2.75, 3.05) is 12.1 Å². The third-order valence-electron chi connectivity index (χ3n) is 1.79. The van der Waals surface area contributed by atoms with Crippen LogP contribution in [0.25, 0.3) is 0 Å². The van der Waals surface area contributed by atoms with Crippen molar-refractivity contribution in [3.63, 3.8) is 0 Å². The Kier molecular flexibility index (Phi) is 3.84.